The Balaban J connectivity index is 1.57. The van der Waals surface area contributed by atoms with E-state index in [9.17, 15) is 4.79 Å². The lowest BCUT2D eigenvalue weighted by atomic mass is 9.97. The van der Waals surface area contributed by atoms with Crippen molar-refractivity contribution in [2.45, 2.75) is 51.6 Å². The van der Waals surface area contributed by atoms with Crippen LogP contribution >= 0.6 is 0 Å². The van der Waals surface area contributed by atoms with E-state index in [1.165, 1.54) is 12.8 Å². The number of hydrogen-bond donors (Lipinski definition) is 2. The van der Waals surface area contributed by atoms with Gasteiger partial charge in [0.05, 0.1) is 19.3 Å². The van der Waals surface area contributed by atoms with Crippen LogP contribution in [0.5, 0.6) is 11.5 Å². The summed E-state index contributed by atoms with van der Waals surface area (Å²) in [7, 11) is 1.67. The van der Waals surface area contributed by atoms with Gasteiger partial charge in [0.2, 0.25) is 5.91 Å². The minimum Gasteiger partial charge on any atom is -0.493 e. The molecule has 1 aromatic rings. The predicted octanol–water partition coefficient (Wildman–Crippen LogP) is 2.27. The summed E-state index contributed by atoms with van der Waals surface area (Å²) >= 11 is 0. The van der Waals surface area contributed by atoms with E-state index < -0.39 is 5.54 Å². The molecule has 2 N–H and O–H groups in total. The minimum absolute atomic E-state index is 0.0157. The van der Waals surface area contributed by atoms with E-state index in [0.717, 1.165) is 62.0 Å². The Morgan fingerprint density at radius 2 is 2.03 bits per heavy atom. The molecule has 2 aliphatic heterocycles. The highest BCUT2D eigenvalue weighted by Gasteiger charge is 2.42. The zero-order valence-corrected chi connectivity index (χ0v) is 19.4. The van der Waals surface area contributed by atoms with Crippen molar-refractivity contribution in [3.63, 3.8) is 0 Å². The van der Waals surface area contributed by atoms with Crippen molar-refractivity contribution in [3.8, 4) is 11.5 Å². The molecule has 0 saturated carbocycles. The second-order valence-corrected chi connectivity index (χ2v) is 9.14. The number of rotatable bonds is 10. The van der Waals surface area contributed by atoms with Crippen LogP contribution in [-0.4, -0.2) is 79.4 Å². The molecule has 0 aliphatic carbocycles. The largest absolute Gasteiger partial charge is 0.493 e. The lowest BCUT2D eigenvalue weighted by molar-refractivity contribution is -0.131. The Hall–Kier alpha value is -1.83. The Morgan fingerprint density at radius 1 is 1.26 bits per heavy atom. The van der Waals surface area contributed by atoms with Gasteiger partial charge in [0, 0.05) is 19.6 Å². The van der Waals surface area contributed by atoms with Crippen LogP contribution < -0.4 is 14.8 Å². The first-order valence-electron chi connectivity index (χ1n) is 11.6. The number of benzene rings is 1. The van der Waals surface area contributed by atoms with Crippen LogP contribution in [0.4, 0.5) is 0 Å². The molecule has 0 bridgehead atoms. The third-order valence-electron chi connectivity index (χ3n) is 6.82. The summed E-state index contributed by atoms with van der Waals surface area (Å²) in [5, 5.41) is 11.9. The molecule has 2 saturated heterocycles. The highest BCUT2D eigenvalue weighted by molar-refractivity contribution is 5.86. The molecule has 1 atom stereocenters. The van der Waals surface area contributed by atoms with Crippen molar-refractivity contribution in [1.82, 2.24) is 15.1 Å². The minimum atomic E-state index is -0.552. The summed E-state index contributed by atoms with van der Waals surface area (Å²) in [5.41, 5.74) is 0.543. The van der Waals surface area contributed by atoms with Crippen molar-refractivity contribution in [2.75, 3.05) is 53.0 Å². The summed E-state index contributed by atoms with van der Waals surface area (Å²) in [4.78, 5) is 17.3. The van der Waals surface area contributed by atoms with Crippen LogP contribution in [0.1, 0.15) is 45.1 Å². The van der Waals surface area contributed by atoms with E-state index in [1.807, 2.05) is 19.1 Å². The summed E-state index contributed by atoms with van der Waals surface area (Å²) in [6.45, 7) is 10.0. The topological polar surface area (TPSA) is 74.3 Å². The zero-order chi connectivity index (χ0) is 22.3. The summed E-state index contributed by atoms with van der Waals surface area (Å²) in [6.07, 6.45) is 4.34. The number of amides is 1. The predicted molar refractivity (Wildman–Crippen MR) is 121 cm³/mol. The molecule has 0 aromatic heterocycles. The molecule has 0 radical (unpaired) electrons. The van der Waals surface area contributed by atoms with Crippen LogP contribution in [0.15, 0.2) is 18.2 Å². The molecule has 2 fully saturated rings. The number of carbonyl (C=O) groups excluding carboxylic acids is 1. The van der Waals surface area contributed by atoms with Crippen molar-refractivity contribution in [1.29, 1.82) is 0 Å². The maximum atomic E-state index is 12.7. The Labute approximate surface area is 186 Å². The maximum absolute atomic E-state index is 12.7. The molecule has 3 rings (SSSR count). The zero-order valence-electron chi connectivity index (χ0n) is 19.4. The van der Waals surface area contributed by atoms with Gasteiger partial charge in [-0.1, -0.05) is 13.0 Å². The van der Waals surface area contributed by atoms with Crippen LogP contribution in [0.2, 0.25) is 0 Å². The molecule has 7 nitrogen and oxygen atoms in total. The van der Waals surface area contributed by atoms with E-state index in [0.29, 0.717) is 19.7 Å². The third-order valence-corrected chi connectivity index (χ3v) is 6.82. The van der Waals surface area contributed by atoms with Crippen molar-refractivity contribution in [3.05, 3.63) is 23.8 Å². The molecule has 2 aliphatic rings. The van der Waals surface area contributed by atoms with E-state index in [1.54, 1.807) is 7.11 Å². The number of aliphatic hydroxyl groups is 1. The first-order chi connectivity index (χ1) is 15.0. The van der Waals surface area contributed by atoms with Gasteiger partial charge < -0.3 is 19.9 Å². The SMILES string of the molecule is COc1cc(CN2CCCC2(C)C(=O)NCCO)ccc1OCCN1CCC(C)CC1. The molecule has 1 aromatic carbocycles. The molecule has 1 amide bonds. The van der Waals surface area contributed by atoms with Crippen LogP contribution in [0.3, 0.4) is 0 Å². The van der Waals surface area contributed by atoms with Gasteiger partial charge >= 0.3 is 0 Å². The quantitative estimate of drug-likeness (QED) is 0.590. The molecular formula is C24H39N3O4. The normalized spacial score (nSPS) is 23.1. The highest BCUT2D eigenvalue weighted by Crippen LogP contribution is 2.33. The van der Waals surface area contributed by atoms with Gasteiger partial charge in [0.25, 0.3) is 0 Å². The molecule has 0 spiro atoms. The number of carbonyl (C=O) groups is 1. The Morgan fingerprint density at radius 3 is 2.74 bits per heavy atom. The fraction of sp³-hybridized carbons (Fsp3) is 0.708. The van der Waals surface area contributed by atoms with Gasteiger partial charge in [-0.05, 0) is 75.9 Å². The van der Waals surface area contributed by atoms with Crippen molar-refractivity contribution < 1.29 is 19.4 Å². The maximum Gasteiger partial charge on any atom is 0.240 e. The molecule has 174 valence electrons. The number of methoxy groups -OCH3 is 1. The second kappa shape index (κ2) is 11.2. The molecule has 2 heterocycles. The summed E-state index contributed by atoms with van der Waals surface area (Å²) in [6, 6.07) is 6.05. The summed E-state index contributed by atoms with van der Waals surface area (Å²) in [5.74, 6) is 2.32. The number of nitrogens with zero attached hydrogens (tertiary/aromatic N) is 2. The van der Waals surface area contributed by atoms with E-state index in [-0.39, 0.29) is 12.5 Å². The highest BCUT2D eigenvalue weighted by atomic mass is 16.5. The van der Waals surface area contributed by atoms with Crippen LogP contribution in [-0.2, 0) is 11.3 Å². The third kappa shape index (κ3) is 6.11. The molecule has 1 unspecified atom stereocenters. The van der Waals surface area contributed by atoms with Gasteiger partial charge in [0.15, 0.2) is 11.5 Å². The number of likely N-dealkylation sites (tertiary alicyclic amines) is 2. The monoisotopic (exact) mass is 433 g/mol. The lowest BCUT2D eigenvalue weighted by Crippen LogP contribution is -2.53. The fourth-order valence-corrected chi connectivity index (χ4v) is 4.61. The summed E-state index contributed by atoms with van der Waals surface area (Å²) < 4.78 is 11.6. The van der Waals surface area contributed by atoms with Gasteiger partial charge in [-0.3, -0.25) is 14.6 Å². The molecule has 7 heteroatoms. The van der Waals surface area contributed by atoms with Crippen molar-refractivity contribution in [2.24, 2.45) is 5.92 Å². The number of aliphatic hydroxyl groups excluding tert-OH is 1. The average molecular weight is 434 g/mol. The first-order valence-corrected chi connectivity index (χ1v) is 11.6. The van der Waals surface area contributed by atoms with Crippen LogP contribution in [0, 0.1) is 5.92 Å². The fourth-order valence-electron chi connectivity index (χ4n) is 4.61. The van der Waals surface area contributed by atoms with E-state index in [4.69, 9.17) is 14.6 Å². The average Bonchev–Trinajstić information content (AvgIpc) is 3.15. The number of piperidine rings is 1. The standard InChI is InChI=1S/C24H39N3O4/c1-19-7-12-26(13-8-19)14-16-31-21-6-5-20(17-22(21)30-3)18-27-11-4-9-24(27,2)23(29)25-10-15-28/h5-6,17,19,28H,4,7-16,18H2,1-3H3,(H,25,29). The van der Waals surface area contributed by atoms with Crippen LogP contribution in [0.25, 0.3) is 0 Å². The van der Waals surface area contributed by atoms with E-state index in [2.05, 4.69) is 28.1 Å². The smallest absolute Gasteiger partial charge is 0.240 e. The van der Waals surface area contributed by atoms with E-state index >= 15 is 0 Å². The van der Waals surface area contributed by atoms with Gasteiger partial charge in [-0.25, -0.2) is 0 Å². The molecular weight excluding hydrogens is 394 g/mol. The van der Waals surface area contributed by atoms with Gasteiger partial charge in [-0.2, -0.15) is 0 Å². The number of nitrogens with one attached hydrogen (secondary N) is 1. The number of hydrogen-bond acceptors (Lipinski definition) is 6. The van der Waals surface area contributed by atoms with Gasteiger partial charge in [0.1, 0.15) is 6.61 Å². The Bertz CT molecular complexity index is 721. The van der Waals surface area contributed by atoms with Crippen molar-refractivity contribution >= 4 is 5.91 Å². The Kier molecular flexibility index (Phi) is 8.58. The molecule has 31 heavy (non-hydrogen) atoms. The lowest BCUT2D eigenvalue weighted by Gasteiger charge is -2.34. The first kappa shape index (κ1) is 23.8. The second-order valence-electron chi connectivity index (χ2n) is 9.14. The van der Waals surface area contributed by atoms with Gasteiger partial charge in [-0.15, -0.1) is 0 Å². The number of ether oxygens (including phenoxy) is 2.